The average molecular weight is 434 g/mol. The quantitative estimate of drug-likeness (QED) is 0.354. The molecule has 0 bridgehead atoms. The molecule has 0 aliphatic carbocycles. The fraction of sp³-hybridized carbons (Fsp3) is 0.280. The van der Waals surface area contributed by atoms with E-state index in [9.17, 15) is 4.79 Å². The molecule has 2 aromatic carbocycles. The van der Waals surface area contributed by atoms with Gasteiger partial charge < -0.3 is 14.6 Å². The Morgan fingerprint density at radius 1 is 1.06 bits per heavy atom. The molecule has 1 N–H and O–H groups in total. The third-order valence-corrected chi connectivity index (χ3v) is 6.34. The van der Waals surface area contributed by atoms with Gasteiger partial charge in [-0.1, -0.05) is 30.3 Å². The number of nitrogens with zero attached hydrogens (tertiary/aromatic N) is 2. The van der Waals surface area contributed by atoms with Crippen molar-refractivity contribution >= 4 is 28.3 Å². The molecular weight excluding hydrogens is 406 g/mol. The van der Waals surface area contributed by atoms with Crippen molar-refractivity contribution in [3.8, 4) is 5.75 Å². The van der Waals surface area contributed by atoms with Gasteiger partial charge in [0.15, 0.2) is 0 Å². The average Bonchev–Trinajstić information content (AvgIpc) is 3.43. The van der Waals surface area contributed by atoms with Crippen LogP contribution in [0.3, 0.4) is 0 Å². The van der Waals surface area contributed by atoms with E-state index in [-0.39, 0.29) is 5.91 Å². The van der Waals surface area contributed by atoms with E-state index in [1.807, 2.05) is 47.8 Å². The molecule has 5 nitrogen and oxygen atoms in total. The lowest BCUT2D eigenvalue weighted by Gasteiger charge is -2.12. The van der Waals surface area contributed by atoms with Crippen molar-refractivity contribution in [2.45, 2.75) is 39.8 Å². The van der Waals surface area contributed by atoms with Gasteiger partial charge in [-0.3, -0.25) is 4.79 Å². The number of aryl methyl sites for hydroxylation is 2. The van der Waals surface area contributed by atoms with Gasteiger partial charge in [0, 0.05) is 6.54 Å². The first kappa shape index (κ1) is 21.1. The van der Waals surface area contributed by atoms with E-state index in [0.29, 0.717) is 18.0 Å². The number of ether oxygens (including phenoxy) is 1. The Bertz CT molecular complexity index is 1160. The number of hydrogen-bond donors (Lipinski definition) is 1. The summed E-state index contributed by atoms with van der Waals surface area (Å²) in [6, 6.07) is 18.0. The Hall–Kier alpha value is -3.12. The summed E-state index contributed by atoms with van der Waals surface area (Å²) in [7, 11) is 0. The molecule has 6 heteroatoms. The number of para-hydroxylation sites is 2. The zero-order valence-corrected chi connectivity index (χ0v) is 18.7. The standard InChI is InChI=1S/C25H27N3O2S/c1-18-9-7-12-22(19(18)2)30-15-6-5-14-28-21-11-4-3-10-20(21)27-24(28)17-26-25(29)23-13-8-16-31-23/h3-4,7-13,16H,5-6,14-15,17H2,1-2H3,(H,26,29). The van der Waals surface area contributed by atoms with Gasteiger partial charge in [0.2, 0.25) is 0 Å². The third kappa shape index (κ3) is 4.97. The van der Waals surface area contributed by atoms with Crippen LogP contribution in [0.25, 0.3) is 11.0 Å². The molecule has 0 fully saturated rings. The number of nitrogens with one attached hydrogen (secondary N) is 1. The predicted octanol–water partition coefficient (Wildman–Crippen LogP) is 5.50. The summed E-state index contributed by atoms with van der Waals surface area (Å²) >= 11 is 1.44. The Morgan fingerprint density at radius 3 is 2.77 bits per heavy atom. The number of aromatic nitrogens is 2. The van der Waals surface area contributed by atoms with E-state index >= 15 is 0 Å². The number of amides is 1. The van der Waals surface area contributed by atoms with E-state index < -0.39 is 0 Å². The minimum Gasteiger partial charge on any atom is -0.493 e. The number of carbonyl (C=O) groups is 1. The minimum absolute atomic E-state index is 0.0597. The summed E-state index contributed by atoms with van der Waals surface area (Å²) in [5.74, 6) is 1.78. The first-order chi connectivity index (χ1) is 15.1. The largest absolute Gasteiger partial charge is 0.493 e. The number of imidazole rings is 1. The fourth-order valence-electron chi connectivity index (χ4n) is 3.60. The zero-order valence-electron chi connectivity index (χ0n) is 17.9. The Morgan fingerprint density at radius 2 is 1.94 bits per heavy atom. The molecule has 160 valence electrons. The molecule has 0 spiro atoms. The zero-order chi connectivity index (χ0) is 21.6. The number of unbranched alkanes of at least 4 members (excludes halogenated alkanes) is 1. The van der Waals surface area contributed by atoms with Gasteiger partial charge in [-0.2, -0.15) is 0 Å². The van der Waals surface area contributed by atoms with Crippen LogP contribution >= 0.6 is 11.3 Å². The van der Waals surface area contributed by atoms with E-state index in [1.54, 1.807) is 0 Å². The maximum absolute atomic E-state index is 12.3. The summed E-state index contributed by atoms with van der Waals surface area (Å²) in [5, 5.41) is 4.91. The lowest BCUT2D eigenvalue weighted by molar-refractivity contribution is 0.0953. The number of fused-ring (bicyclic) bond motifs is 1. The van der Waals surface area contributed by atoms with E-state index in [2.05, 4.69) is 35.9 Å². The lowest BCUT2D eigenvalue weighted by atomic mass is 10.1. The lowest BCUT2D eigenvalue weighted by Crippen LogP contribution is -2.24. The highest BCUT2D eigenvalue weighted by Crippen LogP contribution is 2.21. The van der Waals surface area contributed by atoms with Crippen LogP contribution in [0.4, 0.5) is 0 Å². The molecule has 0 unspecified atom stereocenters. The van der Waals surface area contributed by atoms with E-state index in [0.717, 1.165) is 42.0 Å². The monoisotopic (exact) mass is 433 g/mol. The van der Waals surface area contributed by atoms with Crippen molar-refractivity contribution in [1.29, 1.82) is 0 Å². The molecule has 0 atom stereocenters. The van der Waals surface area contributed by atoms with Crippen LogP contribution in [0.15, 0.2) is 60.0 Å². The fourth-order valence-corrected chi connectivity index (χ4v) is 4.24. The Kier molecular flexibility index (Phi) is 6.67. The predicted molar refractivity (Wildman–Crippen MR) is 126 cm³/mol. The molecule has 2 heterocycles. The Labute approximate surface area is 186 Å². The second kappa shape index (κ2) is 9.79. The van der Waals surface area contributed by atoms with Crippen LogP contribution in [0, 0.1) is 13.8 Å². The van der Waals surface area contributed by atoms with Crippen molar-refractivity contribution < 1.29 is 9.53 Å². The van der Waals surface area contributed by atoms with Crippen LogP contribution in [-0.2, 0) is 13.1 Å². The summed E-state index contributed by atoms with van der Waals surface area (Å²) in [4.78, 5) is 17.8. The number of benzene rings is 2. The number of rotatable bonds is 9. The summed E-state index contributed by atoms with van der Waals surface area (Å²) < 4.78 is 8.20. The third-order valence-electron chi connectivity index (χ3n) is 5.47. The molecule has 0 saturated heterocycles. The number of carbonyl (C=O) groups excluding carboxylic acids is 1. The number of hydrogen-bond acceptors (Lipinski definition) is 4. The first-order valence-corrected chi connectivity index (χ1v) is 11.5. The first-order valence-electron chi connectivity index (χ1n) is 10.6. The van der Waals surface area contributed by atoms with Crippen molar-refractivity contribution in [2.24, 2.45) is 0 Å². The second-order valence-electron chi connectivity index (χ2n) is 7.58. The summed E-state index contributed by atoms with van der Waals surface area (Å²) in [6.45, 7) is 6.12. The van der Waals surface area contributed by atoms with E-state index in [4.69, 9.17) is 9.72 Å². The molecule has 0 aliphatic rings. The van der Waals surface area contributed by atoms with Crippen LogP contribution in [0.1, 0.15) is 39.5 Å². The van der Waals surface area contributed by atoms with Gasteiger partial charge >= 0.3 is 0 Å². The van der Waals surface area contributed by atoms with Gasteiger partial charge in [0.25, 0.3) is 5.91 Å². The van der Waals surface area contributed by atoms with Crippen LogP contribution in [0.5, 0.6) is 5.75 Å². The van der Waals surface area contributed by atoms with Crippen LogP contribution in [-0.4, -0.2) is 22.1 Å². The molecule has 31 heavy (non-hydrogen) atoms. The molecule has 0 aliphatic heterocycles. The van der Waals surface area contributed by atoms with Gasteiger partial charge in [-0.25, -0.2) is 4.98 Å². The van der Waals surface area contributed by atoms with Crippen LogP contribution in [0.2, 0.25) is 0 Å². The summed E-state index contributed by atoms with van der Waals surface area (Å²) in [5.41, 5.74) is 4.50. The highest BCUT2D eigenvalue weighted by atomic mass is 32.1. The molecule has 4 rings (SSSR count). The van der Waals surface area contributed by atoms with Gasteiger partial charge in [0.05, 0.1) is 29.1 Å². The smallest absolute Gasteiger partial charge is 0.261 e. The minimum atomic E-state index is -0.0597. The highest BCUT2D eigenvalue weighted by molar-refractivity contribution is 7.12. The molecular formula is C25H27N3O2S. The molecule has 4 aromatic rings. The second-order valence-corrected chi connectivity index (χ2v) is 8.53. The van der Waals surface area contributed by atoms with Crippen molar-refractivity contribution in [2.75, 3.05) is 6.61 Å². The van der Waals surface area contributed by atoms with Crippen molar-refractivity contribution in [1.82, 2.24) is 14.9 Å². The highest BCUT2D eigenvalue weighted by Gasteiger charge is 2.13. The maximum atomic E-state index is 12.3. The van der Waals surface area contributed by atoms with E-state index in [1.165, 1.54) is 22.5 Å². The van der Waals surface area contributed by atoms with Gasteiger partial charge in [-0.05, 0) is 67.5 Å². The normalized spacial score (nSPS) is 11.0. The van der Waals surface area contributed by atoms with Crippen LogP contribution < -0.4 is 10.1 Å². The molecule has 2 aromatic heterocycles. The molecule has 0 radical (unpaired) electrons. The molecule has 0 saturated carbocycles. The number of thiophene rings is 1. The van der Waals surface area contributed by atoms with Crippen molar-refractivity contribution in [3.63, 3.8) is 0 Å². The van der Waals surface area contributed by atoms with Gasteiger partial charge in [-0.15, -0.1) is 11.3 Å². The summed E-state index contributed by atoms with van der Waals surface area (Å²) in [6.07, 6.45) is 1.91. The maximum Gasteiger partial charge on any atom is 0.261 e. The molecule has 1 amide bonds. The SMILES string of the molecule is Cc1cccc(OCCCCn2c(CNC(=O)c3cccs3)nc3ccccc32)c1C. The van der Waals surface area contributed by atoms with Crippen molar-refractivity contribution in [3.05, 3.63) is 81.8 Å². The Balaban J connectivity index is 1.37. The topological polar surface area (TPSA) is 56.1 Å². The van der Waals surface area contributed by atoms with Gasteiger partial charge in [0.1, 0.15) is 11.6 Å².